The van der Waals surface area contributed by atoms with Crippen molar-refractivity contribution >= 4 is 50.4 Å². The molecule has 1 nitrogen and oxygen atoms in total. The number of hydrogen-bond acceptors (Lipinski definition) is 0. The molecule has 8 aromatic rings. The zero-order chi connectivity index (χ0) is 65.0. The van der Waals surface area contributed by atoms with Crippen LogP contribution in [0.4, 0.5) is 0 Å². The molecule has 2 bridgehead atoms. The number of aryl methyl sites for hydroxylation is 3. The maximum Gasteiger partial charge on any atom is 0.0422 e. The number of aromatic nitrogens is 1. The summed E-state index contributed by atoms with van der Waals surface area (Å²) in [7, 11) is 0. The average Bonchev–Trinajstić information content (AvgIpc) is 0.875. The van der Waals surface area contributed by atoms with Crippen LogP contribution in [0.3, 0.4) is 0 Å². The van der Waals surface area contributed by atoms with Crippen molar-refractivity contribution in [1.29, 1.82) is 0 Å². The van der Waals surface area contributed by atoms with E-state index in [9.17, 15) is 0 Å². The topological polar surface area (TPSA) is 15.8 Å². The molecule has 0 amide bonds. The van der Waals surface area contributed by atoms with E-state index in [2.05, 4.69) is 299 Å². The molecule has 90 heavy (non-hydrogen) atoms. The summed E-state index contributed by atoms with van der Waals surface area (Å²) in [6, 6.07) is 51.8. The first-order chi connectivity index (χ1) is 43.8. The summed E-state index contributed by atoms with van der Waals surface area (Å²) in [5, 5.41) is 8.81. The van der Waals surface area contributed by atoms with Gasteiger partial charge in [0.05, 0.1) is 0 Å². The number of rotatable bonds is 13. The molecule has 1 N–H and O–H groups in total. The Kier molecular flexibility index (Phi) is 24.6. The first kappa shape index (κ1) is 67.9. The molecule has 1 heteroatoms. The van der Waals surface area contributed by atoms with E-state index >= 15 is 0 Å². The monoisotopic (exact) mass is 1180 g/mol. The van der Waals surface area contributed by atoms with Gasteiger partial charge in [0.1, 0.15) is 0 Å². The highest BCUT2D eigenvalue weighted by Gasteiger charge is 2.28. The number of fused-ring (bicyclic) bond motifs is 5. The molecule has 1 atom stereocenters. The summed E-state index contributed by atoms with van der Waals surface area (Å²) in [5.74, 6) is -0.0266. The van der Waals surface area contributed by atoms with Gasteiger partial charge in [0.25, 0.3) is 0 Å². The van der Waals surface area contributed by atoms with Crippen molar-refractivity contribution in [2.45, 2.75) is 115 Å². The molecule has 0 saturated heterocycles. The van der Waals surface area contributed by atoms with Gasteiger partial charge in [-0.2, -0.15) is 0 Å². The fourth-order valence-corrected chi connectivity index (χ4v) is 12.9. The molecular formula is C89H95N. The zero-order valence-corrected chi connectivity index (χ0v) is 56.2. The van der Waals surface area contributed by atoms with Gasteiger partial charge in [-0.05, 0) is 247 Å². The Morgan fingerprint density at radius 3 is 2.01 bits per heavy atom. The lowest BCUT2D eigenvalue weighted by molar-refractivity contribution is 0.970. The second-order valence-corrected chi connectivity index (χ2v) is 22.7. The summed E-state index contributed by atoms with van der Waals surface area (Å²) >= 11 is 0. The van der Waals surface area contributed by atoms with Gasteiger partial charge in [0.15, 0.2) is 0 Å². The van der Waals surface area contributed by atoms with Crippen molar-refractivity contribution in [1.82, 2.24) is 4.98 Å². The highest BCUT2D eigenvalue weighted by Crippen LogP contribution is 2.46. The third-order valence-corrected chi connectivity index (χ3v) is 17.4. The summed E-state index contributed by atoms with van der Waals surface area (Å²) in [4.78, 5) is 3.65. The number of nitrogens with one attached hydrogen (secondary N) is 1. The van der Waals surface area contributed by atoms with Gasteiger partial charge in [-0.25, -0.2) is 0 Å². The van der Waals surface area contributed by atoms with Crippen LogP contribution in [0, 0.1) is 20.8 Å². The smallest absolute Gasteiger partial charge is 0.0422 e. The molecule has 0 radical (unpaired) electrons. The molecular weight excluding hydrogens is 1080 g/mol. The van der Waals surface area contributed by atoms with E-state index in [4.69, 9.17) is 13.2 Å². The van der Waals surface area contributed by atoms with Gasteiger partial charge in [0, 0.05) is 17.8 Å². The first-order valence-corrected chi connectivity index (χ1v) is 32.3. The van der Waals surface area contributed by atoms with Gasteiger partial charge in [-0.15, -0.1) is 13.2 Å². The molecule has 2 aliphatic rings. The fraction of sp³-hybridized carbons (Fsp3) is 0.191. The molecule has 10 rings (SSSR count). The third-order valence-electron chi connectivity index (χ3n) is 17.4. The number of H-pyrrole nitrogens is 1. The molecule has 0 saturated carbocycles. The lowest BCUT2D eigenvalue weighted by Gasteiger charge is -2.27. The Morgan fingerprint density at radius 1 is 0.667 bits per heavy atom. The van der Waals surface area contributed by atoms with E-state index in [1.807, 2.05) is 46.0 Å². The van der Waals surface area contributed by atoms with Crippen molar-refractivity contribution in [2.75, 3.05) is 0 Å². The van der Waals surface area contributed by atoms with Crippen LogP contribution in [0.1, 0.15) is 144 Å². The Hall–Kier alpha value is -9.56. The third kappa shape index (κ3) is 14.8. The Morgan fingerprint density at radius 2 is 1.33 bits per heavy atom. The van der Waals surface area contributed by atoms with Crippen LogP contribution < -0.4 is 15.7 Å². The Balaban J connectivity index is 0.00000186. The summed E-state index contributed by atoms with van der Waals surface area (Å²) in [6.07, 6.45) is 34.8. The van der Waals surface area contributed by atoms with Crippen molar-refractivity contribution in [3.8, 4) is 0 Å². The van der Waals surface area contributed by atoms with Gasteiger partial charge >= 0.3 is 0 Å². The lowest BCUT2D eigenvalue weighted by Crippen LogP contribution is -2.31. The van der Waals surface area contributed by atoms with Crippen molar-refractivity contribution in [2.24, 2.45) is 0 Å². The van der Waals surface area contributed by atoms with Crippen LogP contribution in [-0.2, 0) is 6.42 Å². The largest absolute Gasteiger partial charge is 0.361 e. The van der Waals surface area contributed by atoms with Crippen molar-refractivity contribution < 1.29 is 0 Å². The quantitative estimate of drug-likeness (QED) is 0.0875. The molecule has 7 aromatic carbocycles. The second-order valence-electron chi connectivity index (χ2n) is 22.7. The van der Waals surface area contributed by atoms with E-state index in [-0.39, 0.29) is 5.92 Å². The average molecular weight is 1180 g/mol. The van der Waals surface area contributed by atoms with E-state index in [1.165, 1.54) is 115 Å². The normalized spacial score (nSPS) is 17.9. The van der Waals surface area contributed by atoms with Gasteiger partial charge in [-0.1, -0.05) is 261 Å². The number of allylic oxidation sites excluding steroid dienone is 22. The molecule has 1 unspecified atom stereocenters. The summed E-state index contributed by atoms with van der Waals surface area (Å²) < 4.78 is 0. The Bertz CT molecular complexity index is 4440. The number of hydrogen-bond donors (Lipinski definition) is 1. The van der Waals surface area contributed by atoms with Crippen LogP contribution in [-0.4, -0.2) is 4.98 Å². The molecule has 0 fully saturated rings. The predicted octanol–water partition coefficient (Wildman–Crippen LogP) is 22.7. The molecule has 0 spiro atoms. The second kappa shape index (κ2) is 32.6. The summed E-state index contributed by atoms with van der Waals surface area (Å²) in [6.45, 7) is 48.6. The Labute approximate surface area is 540 Å². The van der Waals surface area contributed by atoms with Crippen LogP contribution in [0.15, 0.2) is 302 Å². The van der Waals surface area contributed by atoms with E-state index in [0.29, 0.717) is 12.8 Å². The molecule has 2 aliphatic carbocycles. The van der Waals surface area contributed by atoms with Crippen LogP contribution in [0.5, 0.6) is 0 Å². The maximum atomic E-state index is 5.10. The van der Waals surface area contributed by atoms with Crippen LogP contribution in [0.2, 0.25) is 0 Å². The van der Waals surface area contributed by atoms with E-state index in [1.54, 1.807) is 0 Å². The SMILES string of the molecule is C=C.C=C/C=C\C(=C/C)CC(=C\C=C/C)/C1=C2C(=C)/C=C\c3c/c(c4cc(C)c(C(C)/C(c5ccccc5Cc5ccccc5)=c5/cccc/c5=C(/C)c5ccccc5)c5c(C)c(C)cc3c54)=C\C(C)=C(C)C\2=C(/c2ccc[nH]2)C/C=C\C=C/C1=C.CC.CC. The molecule has 456 valence electrons. The molecule has 1 heterocycles. The minimum Gasteiger partial charge on any atom is -0.361 e. The lowest BCUT2D eigenvalue weighted by atomic mass is 9.77. The highest BCUT2D eigenvalue weighted by molar-refractivity contribution is 6.17. The fourth-order valence-electron chi connectivity index (χ4n) is 12.9. The highest BCUT2D eigenvalue weighted by atomic mass is 14.7. The maximum absolute atomic E-state index is 5.10. The first-order valence-electron chi connectivity index (χ1n) is 32.3. The van der Waals surface area contributed by atoms with Crippen LogP contribution in [0.25, 0.3) is 50.4 Å². The van der Waals surface area contributed by atoms with Crippen molar-refractivity contribution in [3.63, 3.8) is 0 Å². The number of aromatic amines is 1. The van der Waals surface area contributed by atoms with Crippen LogP contribution >= 0.6 is 0 Å². The zero-order valence-electron chi connectivity index (χ0n) is 56.2. The summed E-state index contributed by atoms with van der Waals surface area (Å²) in [5.41, 5.74) is 26.1. The minimum absolute atomic E-state index is 0.0266. The van der Waals surface area contributed by atoms with E-state index < -0.39 is 0 Å². The van der Waals surface area contributed by atoms with Gasteiger partial charge < -0.3 is 4.98 Å². The molecule has 0 aliphatic heterocycles. The predicted molar refractivity (Wildman–Crippen MR) is 400 cm³/mol. The number of benzene rings is 7. The molecule has 1 aromatic heterocycles. The van der Waals surface area contributed by atoms with E-state index in [0.717, 1.165) is 51.1 Å². The van der Waals surface area contributed by atoms with Gasteiger partial charge in [-0.3, -0.25) is 0 Å². The standard InChI is InChI=1S/C83H79N.2C2H6.C2H4/c1-13-16-33-63(15-3)51-68(36-17-14-2)78-54(4)32-21-18-26-43-73(76-44-31-47-84-76)81-59(9)56(6)48-69-53-67(46-45-55(5)79(78)81)74-49-57(7)60(10)82-77(58(8)50-75(69)83(74)82)62(12)80(71-41-28-27-39-66(71)52-64-34-22-19-23-35-64)72-42-30-29-40-70(72)61(11)65-37-24-20-25-38-65;3*1-2/h13-42,44-50,53,62,84H,1,4-5,43,51-52H2,2-3,6-12H3;2*1-2H3;1-2H2/b17-14-,26-18-,32-21-,33-16-,46-45-,59-56?,63-15+,68-36+,69-48+,70-61+,79-78+,80-72+,81-73+;;;. The van der Waals surface area contributed by atoms with Gasteiger partial charge in [0.2, 0.25) is 0 Å². The van der Waals surface area contributed by atoms with Crippen molar-refractivity contribution in [3.05, 3.63) is 373 Å². The minimum atomic E-state index is -0.0266.